The summed E-state index contributed by atoms with van der Waals surface area (Å²) in [6, 6.07) is 0.717. The van der Waals surface area contributed by atoms with E-state index in [1.807, 2.05) is 0 Å². The van der Waals surface area contributed by atoms with Gasteiger partial charge in [-0.3, -0.25) is 4.68 Å². The van der Waals surface area contributed by atoms with Gasteiger partial charge in [-0.15, -0.1) is 0 Å². The number of carbonyl (C=O) groups is 1. The molecule has 0 saturated carbocycles. The van der Waals surface area contributed by atoms with Crippen LogP contribution in [0.4, 0.5) is 23.7 Å². The highest BCUT2D eigenvalue weighted by Gasteiger charge is 2.44. The Hall–Kier alpha value is -2.14. The lowest BCUT2D eigenvalue weighted by atomic mass is 9.99. The molecule has 2 aromatic heterocycles. The summed E-state index contributed by atoms with van der Waals surface area (Å²) in [5.74, 6) is -3.95. The number of aliphatic hydroxyl groups is 1. The van der Waals surface area contributed by atoms with E-state index in [4.69, 9.17) is 0 Å². The lowest BCUT2D eigenvalue weighted by Crippen LogP contribution is -2.39. The molecule has 4 rings (SSSR count). The van der Waals surface area contributed by atoms with Gasteiger partial charge in [-0.25, -0.2) is 14.2 Å². The molecule has 166 valence electrons. The molecular formula is C19H25BrF3N5O2. The number of hydrogen-bond acceptors (Lipinski definition) is 4. The fourth-order valence-corrected chi connectivity index (χ4v) is 3.98. The van der Waals surface area contributed by atoms with Crippen LogP contribution >= 0.6 is 15.9 Å². The largest absolute Gasteiger partial charge is 0.393 e. The summed E-state index contributed by atoms with van der Waals surface area (Å²) in [6.07, 6.45) is 0.0743. The SMILES string of the molecule is C.C.O=C(Nc1ccnc(Br)c1F)N1CCc2nn3c(c2C1)C(F)(F)C[C@@H](O)CC3. The first-order valence-corrected chi connectivity index (χ1v) is 9.56. The van der Waals surface area contributed by atoms with Crippen LogP contribution < -0.4 is 5.32 Å². The number of fused-ring (bicyclic) bond motifs is 3. The third kappa shape index (κ3) is 4.31. The molecule has 7 nitrogen and oxygen atoms in total. The molecule has 2 N–H and O–H groups in total. The van der Waals surface area contributed by atoms with Crippen molar-refractivity contribution < 1.29 is 23.1 Å². The van der Waals surface area contributed by atoms with Crippen LogP contribution in [-0.4, -0.2) is 43.5 Å². The number of carbonyl (C=O) groups excluding carboxylic acids is 1. The van der Waals surface area contributed by atoms with Gasteiger partial charge in [-0.05, 0) is 28.4 Å². The summed E-state index contributed by atoms with van der Waals surface area (Å²) in [6.45, 7) is 0.412. The molecule has 1 atom stereocenters. The number of aryl methyl sites for hydroxylation is 1. The lowest BCUT2D eigenvalue weighted by Gasteiger charge is -2.28. The second-order valence-electron chi connectivity index (χ2n) is 6.91. The van der Waals surface area contributed by atoms with Crippen molar-refractivity contribution in [1.82, 2.24) is 19.7 Å². The van der Waals surface area contributed by atoms with Crippen molar-refractivity contribution in [2.24, 2.45) is 0 Å². The number of pyridine rings is 1. The van der Waals surface area contributed by atoms with Crippen LogP contribution in [0.2, 0.25) is 0 Å². The number of aromatic nitrogens is 3. The topological polar surface area (TPSA) is 83.3 Å². The zero-order valence-corrected chi connectivity index (χ0v) is 16.2. The van der Waals surface area contributed by atoms with Crippen molar-refractivity contribution in [3.8, 4) is 0 Å². The minimum absolute atomic E-state index is 0. The Morgan fingerprint density at radius 3 is 2.80 bits per heavy atom. The highest BCUT2D eigenvalue weighted by molar-refractivity contribution is 9.10. The lowest BCUT2D eigenvalue weighted by molar-refractivity contribution is -0.0507. The van der Waals surface area contributed by atoms with Crippen molar-refractivity contribution in [3.05, 3.63) is 39.6 Å². The predicted molar refractivity (Wildman–Crippen MR) is 110 cm³/mol. The van der Waals surface area contributed by atoms with Crippen LogP contribution in [0.5, 0.6) is 0 Å². The molecule has 2 aliphatic rings. The number of hydrogen-bond donors (Lipinski definition) is 2. The van der Waals surface area contributed by atoms with Crippen molar-refractivity contribution in [1.29, 1.82) is 0 Å². The molecule has 4 heterocycles. The average molecular weight is 492 g/mol. The molecule has 2 aromatic rings. The van der Waals surface area contributed by atoms with Gasteiger partial charge in [0.25, 0.3) is 5.92 Å². The standard InChI is InChI=1S/C17H17BrF3N5O2.2CH4/c18-15-13(19)12(1-4-22-15)23-16(28)25-5-3-11-10(8-25)14-17(20,21)7-9(27)2-6-26(14)24-11;;/h1,4,9,27H,2-3,5-8H2,(H,22,23,28);2*1H4/t9-;;/m0../s1. The molecule has 0 fully saturated rings. The van der Waals surface area contributed by atoms with E-state index < -0.39 is 30.3 Å². The minimum Gasteiger partial charge on any atom is -0.393 e. The molecule has 2 amide bonds. The number of amides is 2. The van der Waals surface area contributed by atoms with Crippen LogP contribution in [0.1, 0.15) is 44.6 Å². The number of anilines is 1. The normalized spacial score (nSPS) is 19.5. The monoisotopic (exact) mass is 491 g/mol. The van der Waals surface area contributed by atoms with Gasteiger partial charge in [0.05, 0.1) is 24.0 Å². The highest BCUT2D eigenvalue weighted by atomic mass is 79.9. The summed E-state index contributed by atoms with van der Waals surface area (Å²) in [5, 5.41) is 16.5. The Morgan fingerprint density at radius 1 is 1.33 bits per heavy atom. The Bertz CT molecular complexity index is 937. The quantitative estimate of drug-likeness (QED) is 0.582. The van der Waals surface area contributed by atoms with E-state index in [0.717, 1.165) is 0 Å². The van der Waals surface area contributed by atoms with Crippen LogP contribution in [-0.2, 0) is 25.4 Å². The minimum atomic E-state index is -3.24. The first kappa shape index (κ1) is 24.1. The second kappa shape index (κ2) is 8.93. The summed E-state index contributed by atoms with van der Waals surface area (Å²) >= 11 is 2.95. The predicted octanol–water partition coefficient (Wildman–Crippen LogP) is 4.29. The summed E-state index contributed by atoms with van der Waals surface area (Å²) in [4.78, 5) is 17.6. The summed E-state index contributed by atoms with van der Waals surface area (Å²) < 4.78 is 44.7. The molecule has 0 spiro atoms. The van der Waals surface area contributed by atoms with Gasteiger partial charge in [-0.1, -0.05) is 14.9 Å². The molecule has 0 radical (unpaired) electrons. The Kier molecular flexibility index (Phi) is 7.18. The Balaban J connectivity index is 0.00000160. The van der Waals surface area contributed by atoms with E-state index in [2.05, 4.69) is 31.3 Å². The molecule has 2 aliphatic heterocycles. The maximum atomic E-state index is 14.7. The number of alkyl halides is 2. The van der Waals surface area contributed by atoms with E-state index >= 15 is 0 Å². The smallest absolute Gasteiger partial charge is 0.322 e. The van der Waals surface area contributed by atoms with Crippen molar-refractivity contribution in [2.75, 3.05) is 11.9 Å². The third-order valence-corrected chi connectivity index (χ3v) is 5.54. The number of nitrogens with zero attached hydrogens (tertiary/aromatic N) is 4. The molecule has 0 aliphatic carbocycles. The summed E-state index contributed by atoms with van der Waals surface area (Å²) in [7, 11) is 0. The van der Waals surface area contributed by atoms with E-state index in [-0.39, 0.29) is 56.9 Å². The fraction of sp³-hybridized carbons (Fsp3) is 0.526. The highest BCUT2D eigenvalue weighted by Crippen LogP contribution is 2.40. The number of aliphatic hydroxyl groups excluding tert-OH is 1. The first-order chi connectivity index (χ1) is 13.3. The number of halogens is 4. The van der Waals surface area contributed by atoms with Gasteiger partial charge in [0.2, 0.25) is 0 Å². The van der Waals surface area contributed by atoms with Crippen molar-refractivity contribution in [3.63, 3.8) is 0 Å². The first-order valence-electron chi connectivity index (χ1n) is 8.77. The Morgan fingerprint density at radius 2 is 2.07 bits per heavy atom. The van der Waals surface area contributed by atoms with Crippen molar-refractivity contribution >= 4 is 27.6 Å². The molecule has 0 aromatic carbocycles. The molecule has 11 heteroatoms. The van der Waals surface area contributed by atoms with Crippen LogP contribution in [0.25, 0.3) is 0 Å². The van der Waals surface area contributed by atoms with Gasteiger partial charge in [0, 0.05) is 37.7 Å². The number of urea groups is 1. The van der Waals surface area contributed by atoms with Crippen molar-refractivity contribution in [2.45, 2.75) is 59.2 Å². The zero-order chi connectivity index (χ0) is 20.1. The van der Waals surface area contributed by atoms with Gasteiger partial charge < -0.3 is 15.3 Å². The van der Waals surface area contributed by atoms with Gasteiger partial charge in [-0.2, -0.15) is 13.9 Å². The van der Waals surface area contributed by atoms with Crippen LogP contribution in [0.15, 0.2) is 16.9 Å². The van der Waals surface area contributed by atoms with Gasteiger partial charge >= 0.3 is 6.03 Å². The van der Waals surface area contributed by atoms with E-state index in [9.17, 15) is 23.1 Å². The summed E-state index contributed by atoms with van der Waals surface area (Å²) in [5.41, 5.74) is 0.541. The second-order valence-corrected chi connectivity index (χ2v) is 7.66. The van der Waals surface area contributed by atoms with Gasteiger partial charge in [0.1, 0.15) is 10.3 Å². The molecule has 0 unspecified atom stereocenters. The number of nitrogens with one attached hydrogen (secondary N) is 1. The van der Waals surface area contributed by atoms with E-state index in [1.54, 1.807) is 0 Å². The maximum Gasteiger partial charge on any atom is 0.322 e. The molecule has 0 bridgehead atoms. The molecule has 0 saturated heterocycles. The van der Waals surface area contributed by atoms with E-state index in [1.165, 1.54) is 21.8 Å². The average Bonchev–Trinajstić information content (AvgIpc) is 2.96. The molecule has 30 heavy (non-hydrogen) atoms. The molecular weight excluding hydrogens is 467 g/mol. The van der Waals surface area contributed by atoms with E-state index in [0.29, 0.717) is 17.7 Å². The maximum absolute atomic E-state index is 14.7. The van der Waals surface area contributed by atoms with Crippen LogP contribution in [0, 0.1) is 5.82 Å². The number of rotatable bonds is 1. The van der Waals surface area contributed by atoms with Gasteiger partial charge in [0.15, 0.2) is 5.82 Å². The zero-order valence-electron chi connectivity index (χ0n) is 14.6. The third-order valence-electron chi connectivity index (χ3n) is 4.99. The Labute approximate surface area is 181 Å². The fourth-order valence-electron chi connectivity index (χ4n) is 3.65. The van der Waals surface area contributed by atoms with Crippen LogP contribution in [0.3, 0.4) is 0 Å².